The number of aryl methyl sites for hydroxylation is 2. The van der Waals surface area contributed by atoms with Gasteiger partial charge in [0.15, 0.2) is 0 Å². The molecule has 1 aliphatic rings. The molecule has 1 heterocycles. The fourth-order valence-corrected chi connectivity index (χ4v) is 3.61. The number of nitrogens with zero attached hydrogens (tertiary/aromatic N) is 1. The van der Waals surface area contributed by atoms with Crippen molar-refractivity contribution >= 4 is 5.91 Å². The summed E-state index contributed by atoms with van der Waals surface area (Å²) >= 11 is 0. The Hall–Kier alpha value is -3.38. The van der Waals surface area contributed by atoms with Crippen LogP contribution in [0.25, 0.3) is 22.3 Å². The summed E-state index contributed by atoms with van der Waals surface area (Å²) in [6, 6.07) is 20.2. The van der Waals surface area contributed by atoms with E-state index in [1.807, 2.05) is 24.3 Å². The first-order chi connectivity index (χ1) is 12.6. The van der Waals surface area contributed by atoms with E-state index in [2.05, 4.69) is 49.5 Å². The van der Waals surface area contributed by atoms with Gasteiger partial charge in [-0.2, -0.15) is 5.26 Å². The second-order valence-corrected chi connectivity index (χ2v) is 6.75. The third-order valence-electron chi connectivity index (χ3n) is 4.90. The van der Waals surface area contributed by atoms with Crippen molar-refractivity contribution in [2.75, 3.05) is 0 Å². The molecule has 3 aromatic rings. The minimum atomic E-state index is -0.0247. The number of fused-ring (bicyclic) bond motifs is 1. The van der Waals surface area contributed by atoms with Crippen molar-refractivity contribution in [1.82, 2.24) is 5.32 Å². The largest absolute Gasteiger partial charge is 0.348 e. The van der Waals surface area contributed by atoms with Crippen molar-refractivity contribution in [1.29, 1.82) is 5.26 Å². The van der Waals surface area contributed by atoms with Crippen molar-refractivity contribution in [3.8, 4) is 28.3 Å². The van der Waals surface area contributed by atoms with Crippen LogP contribution < -0.4 is 5.32 Å². The van der Waals surface area contributed by atoms with Crippen molar-refractivity contribution in [2.24, 2.45) is 0 Å². The Morgan fingerprint density at radius 2 is 1.77 bits per heavy atom. The predicted octanol–water partition coefficient (Wildman–Crippen LogP) is 4.75. The molecule has 1 amide bonds. The molecule has 0 radical (unpaired) electrons. The molecule has 0 bridgehead atoms. The normalized spacial score (nSPS) is 12.4. The summed E-state index contributed by atoms with van der Waals surface area (Å²) in [4.78, 5) is 12.2. The van der Waals surface area contributed by atoms with Crippen LogP contribution in [0.15, 0.2) is 54.6 Å². The number of amides is 1. The summed E-state index contributed by atoms with van der Waals surface area (Å²) < 4.78 is 0. The highest BCUT2D eigenvalue weighted by atomic mass is 16.1. The van der Waals surface area contributed by atoms with Crippen LogP contribution in [0.5, 0.6) is 0 Å². The van der Waals surface area contributed by atoms with Gasteiger partial charge in [0, 0.05) is 12.1 Å². The van der Waals surface area contributed by atoms with E-state index in [1.54, 1.807) is 6.07 Å². The molecule has 1 N–H and O–H groups in total. The van der Waals surface area contributed by atoms with Gasteiger partial charge in [-0.25, -0.2) is 0 Å². The van der Waals surface area contributed by atoms with Crippen molar-refractivity contribution < 1.29 is 4.79 Å². The maximum Gasteiger partial charge on any atom is 0.251 e. The number of nitriles is 1. The van der Waals surface area contributed by atoms with Gasteiger partial charge in [-0.15, -0.1) is 0 Å². The molecular weight excluding hydrogens is 320 g/mol. The highest BCUT2D eigenvalue weighted by Crippen LogP contribution is 2.37. The van der Waals surface area contributed by atoms with E-state index < -0.39 is 0 Å². The smallest absolute Gasteiger partial charge is 0.251 e. The summed E-state index contributed by atoms with van der Waals surface area (Å²) in [6.07, 6.45) is 0. The minimum Gasteiger partial charge on any atom is -0.348 e. The molecule has 26 heavy (non-hydrogen) atoms. The van der Waals surface area contributed by atoms with E-state index in [0.717, 1.165) is 33.4 Å². The fourth-order valence-electron chi connectivity index (χ4n) is 3.61. The van der Waals surface area contributed by atoms with Crippen LogP contribution in [0, 0.1) is 25.2 Å². The van der Waals surface area contributed by atoms with Crippen LogP contribution >= 0.6 is 0 Å². The van der Waals surface area contributed by atoms with Gasteiger partial charge >= 0.3 is 0 Å². The molecule has 0 aromatic heterocycles. The number of benzene rings is 3. The molecule has 0 saturated heterocycles. The van der Waals surface area contributed by atoms with Gasteiger partial charge in [0.05, 0.1) is 11.6 Å². The van der Waals surface area contributed by atoms with Gasteiger partial charge in [-0.3, -0.25) is 4.79 Å². The molecule has 3 nitrogen and oxygen atoms in total. The molecule has 0 fully saturated rings. The monoisotopic (exact) mass is 338 g/mol. The Labute approximate surface area is 152 Å². The zero-order valence-corrected chi connectivity index (χ0v) is 14.8. The molecule has 4 rings (SSSR count). The van der Waals surface area contributed by atoms with Crippen LogP contribution in [-0.4, -0.2) is 5.91 Å². The Morgan fingerprint density at radius 1 is 0.923 bits per heavy atom. The number of rotatable bonds is 2. The number of nitrogens with one attached hydrogen (secondary N) is 1. The summed E-state index contributed by atoms with van der Waals surface area (Å²) in [5.41, 5.74) is 8.90. The number of hydrogen-bond acceptors (Lipinski definition) is 2. The molecule has 0 unspecified atom stereocenters. The molecule has 3 heteroatoms. The maximum atomic E-state index is 12.2. The van der Waals surface area contributed by atoms with Gasteiger partial charge in [-0.05, 0) is 71.5 Å². The average molecular weight is 338 g/mol. The van der Waals surface area contributed by atoms with Crippen LogP contribution in [0.4, 0.5) is 0 Å². The molecule has 126 valence electrons. The van der Waals surface area contributed by atoms with Crippen molar-refractivity contribution in [2.45, 2.75) is 20.4 Å². The van der Waals surface area contributed by atoms with Gasteiger partial charge in [0.25, 0.3) is 5.91 Å². The summed E-state index contributed by atoms with van der Waals surface area (Å²) in [7, 11) is 0. The highest BCUT2D eigenvalue weighted by molar-refractivity contribution is 6.01. The molecule has 0 aliphatic carbocycles. The van der Waals surface area contributed by atoms with E-state index in [1.165, 1.54) is 11.1 Å². The Morgan fingerprint density at radius 3 is 2.54 bits per heavy atom. The van der Waals surface area contributed by atoms with Gasteiger partial charge < -0.3 is 5.32 Å². The number of carbonyl (C=O) groups excluding carboxylic acids is 1. The summed E-state index contributed by atoms with van der Waals surface area (Å²) in [5, 5.41) is 12.2. The SMILES string of the molecule is Cc1ccc(-c2cc3c(cc2-c2cccc(C#N)c2)CNC3=O)c(C)c1. The third-order valence-corrected chi connectivity index (χ3v) is 4.90. The van der Waals surface area contributed by atoms with E-state index in [-0.39, 0.29) is 5.91 Å². The van der Waals surface area contributed by atoms with E-state index in [0.29, 0.717) is 12.1 Å². The third kappa shape index (κ3) is 2.66. The standard InChI is InChI=1S/C23H18N2O/c1-14-6-7-19(15(2)8-14)22-11-21-18(13-25-23(21)26)10-20(22)17-5-3-4-16(9-17)12-24/h3-11H,13H2,1-2H3,(H,25,26). The van der Waals surface area contributed by atoms with Crippen molar-refractivity contribution in [3.05, 3.63) is 82.4 Å². The Kier molecular flexibility index (Phi) is 3.82. The first kappa shape index (κ1) is 16.1. The van der Waals surface area contributed by atoms with Gasteiger partial charge in [-0.1, -0.05) is 35.9 Å². The lowest BCUT2D eigenvalue weighted by molar-refractivity contribution is 0.0966. The maximum absolute atomic E-state index is 12.2. The van der Waals surface area contributed by atoms with Crippen molar-refractivity contribution in [3.63, 3.8) is 0 Å². The molecule has 0 atom stereocenters. The van der Waals surface area contributed by atoms with Crippen LogP contribution in [0.3, 0.4) is 0 Å². The van der Waals surface area contributed by atoms with Crippen LogP contribution in [-0.2, 0) is 6.54 Å². The van der Waals surface area contributed by atoms with Crippen LogP contribution in [0.2, 0.25) is 0 Å². The topological polar surface area (TPSA) is 52.9 Å². The fraction of sp³-hybridized carbons (Fsp3) is 0.130. The van der Waals surface area contributed by atoms with E-state index in [4.69, 9.17) is 0 Å². The van der Waals surface area contributed by atoms with Crippen LogP contribution in [0.1, 0.15) is 32.6 Å². The van der Waals surface area contributed by atoms with Gasteiger partial charge in [0.2, 0.25) is 0 Å². The predicted molar refractivity (Wildman–Crippen MR) is 103 cm³/mol. The second kappa shape index (κ2) is 6.16. The number of hydrogen-bond donors (Lipinski definition) is 1. The van der Waals surface area contributed by atoms with Gasteiger partial charge in [0.1, 0.15) is 0 Å². The molecule has 0 saturated carbocycles. The molecule has 1 aliphatic heterocycles. The Bertz CT molecular complexity index is 1090. The first-order valence-corrected chi connectivity index (χ1v) is 8.60. The molecule has 3 aromatic carbocycles. The summed E-state index contributed by atoms with van der Waals surface area (Å²) in [5.74, 6) is -0.0247. The van der Waals surface area contributed by atoms with E-state index in [9.17, 15) is 10.1 Å². The summed E-state index contributed by atoms with van der Waals surface area (Å²) in [6.45, 7) is 4.71. The molecular formula is C23H18N2O. The van der Waals surface area contributed by atoms with E-state index >= 15 is 0 Å². The Balaban J connectivity index is 2.01. The zero-order valence-electron chi connectivity index (χ0n) is 14.8. The number of carbonyl (C=O) groups is 1. The quantitative estimate of drug-likeness (QED) is 0.733. The lowest BCUT2D eigenvalue weighted by Gasteiger charge is -2.15. The second-order valence-electron chi connectivity index (χ2n) is 6.75. The lowest BCUT2D eigenvalue weighted by atomic mass is 9.88. The zero-order chi connectivity index (χ0) is 18.3. The average Bonchev–Trinajstić information content (AvgIpc) is 3.01. The molecule has 0 spiro atoms. The lowest BCUT2D eigenvalue weighted by Crippen LogP contribution is -2.12. The highest BCUT2D eigenvalue weighted by Gasteiger charge is 2.22. The minimum absolute atomic E-state index is 0.0247. The first-order valence-electron chi connectivity index (χ1n) is 8.60.